The van der Waals surface area contributed by atoms with Gasteiger partial charge in [0.2, 0.25) is 0 Å². The molecule has 0 aromatic heterocycles. The molecule has 5 nitrogen and oxygen atoms in total. The molecule has 1 aromatic rings. The Morgan fingerprint density at radius 1 is 1.37 bits per heavy atom. The smallest absolute Gasteiger partial charge is 0.251 e. The molecular weight excluding hydrogens is 244 g/mol. The summed E-state index contributed by atoms with van der Waals surface area (Å²) in [6.07, 6.45) is 1.61. The lowest BCUT2D eigenvalue weighted by Crippen LogP contribution is -2.28. The normalized spacial score (nSPS) is 15.5. The zero-order chi connectivity index (χ0) is 13.7. The van der Waals surface area contributed by atoms with E-state index in [0.29, 0.717) is 36.8 Å². The Bertz CT molecular complexity index is 446. The Morgan fingerprint density at radius 2 is 2.11 bits per heavy atom. The minimum atomic E-state index is -0.115. The largest absolute Gasteiger partial charge is 0.490 e. The van der Waals surface area contributed by atoms with Crippen molar-refractivity contribution < 1.29 is 14.3 Å². The topological polar surface area (TPSA) is 73.6 Å². The van der Waals surface area contributed by atoms with Crippen molar-refractivity contribution in [1.29, 1.82) is 0 Å². The van der Waals surface area contributed by atoms with Crippen LogP contribution in [0, 0.1) is 0 Å². The second-order valence-corrected chi connectivity index (χ2v) is 4.73. The van der Waals surface area contributed by atoms with Crippen molar-refractivity contribution in [1.82, 2.24) is 5.32 Å². The summed E-state index contributed by atoms with van der Waals surface area (Å²) in [5.41, 5.74) is 6.22. The second kappa shape index (κ2) is 6.43. The minimum absolute atomic E-state index is 0.0871. The average Bonchev–Trinajstić information content (AvgIpc) is 2.62. The van der Waals surface area contributed by atoms with Gasteiger partial charge in [-0.2, -0.15) is 0 Å². The number of fused-ring (bicyclic) bond motifs is 1. The van der Waals surface area contributed by atoms with Gasteiger partial charge in [-0.3, -0.25) is 4.79 Å². The third kappa shape index (κ3) is 3.86. The van der Waals surface area contributed by atoms with Crippen LogP contribution in [0.1, 0.15) is 30.1 Å². The highest BCUT2D eigenvalue weighted by Crippen LogP contribution is 2.30. The first-order valence-corrected chi connectivity index (χ1v) is 6.60. The molecule has 0 radical (unpaired) electrons. The summed E-state index contributed by atoms with van der Waals surface area (Å²) in [5, 5.41) is 2.84. The van der Waals surface area contributed by atoms with Crippen molar-refractivity contribution >= 4 is 5.91 Å². The quantitative estimate of drug-likeness (QED) is 0.860. The molecule has 1 heterocycles. The second-order valence-electron chi connectivity index (χ2n) is 4.73. The number of nitrogens with two attached hydrogens (primary N) is 1. The maximum atomic E-state index is 11.9. The van der Waals surface area contributed by atoms with Crippen LogP contribution in [0.5, 0.6) is 11.5 Å². The molecule has 1 aliphatic rings. The van der Waals surface area contributed by atoms with Gasteiger partial charge in [-0.25, -0.2) is 0 Å². The maximum Gasteiger partial charge on any atom is 0.251 e. The molecule has 1 unspecified atom stereocenters. The lowest BCUT2D eigenvalue weighted by atomic mass is 10.2. The van der Waals surface area contributed by atoms with Gasteiger partial charge in [0.1, 0.15) is 0 Å². The molecule has 0 spiro atoms. The molecule has 0 saturated heterocycles. The van der Waals surface area contributed by atoms with E-state index in [9.17, 15) is 4.79 Å². The Balaban J connectivity index is 2.00. The van der Waals surface area contributed by atoms with Gasteiger partial charge in [0.25, 0.3) is 5.91 Å². The SMILES string of the molecule is CC(N)CCNC(=O)c1ccc2c(c1)OCCCO2. The Morgan fingerprint density at radius 3 is 2.84 bits per heavy atom. The lowest BCUT2D eigenvalue weighted by molar-refractivity contribution is 0.0952. The summed E-state index contributed by atoms with van der Waals surface area (Å²) in [5.74, 6) is 1.22. The highest BCUT2D eigenvalue weighted by molar-refractivity contribution is 5.94. The van der Waals surface area contributed by atoms with Crippen LogP contribution < -0.4 is 20.5 Å². The number of hydrogen-bond acceptors (Lipinski definition) is 4. The number of benzene rings is 1. The fourth-order valence-corrected chi connectivity index (χ4v) is 1.82. The lowest BCUT2D eigenvalue weighted by Gasteiger charge is -2.10. The first-order valence-electron chi connectivity index (χ1n) is 6.60. The summed E-state index contributed by atoms with van der Waals surface area (Å²) in [6, 6.07) is 5.33. The van der Waals surface area contributed by atoms with Gasteiger partial charge in [0.15, 0.2) is 11.5 Å². The number of ether oxygens (including phenoxy) is 2. The highest BCUT2D eigenvalue weighted by atomic mass is 16.5. The zero-order valence-electron chi connectivity index (χ0n) is 11.1. The van der Waals surface area contributed by atoms with E-state index in [1.807, 2.05) is 6.92 Å². The number of nitrogens with one attached hydrogen (secondary N) is 1. The van der Waals surface area contributed by atoms with Gasteiger partial charge in [0, 0.05) is 24.6 Å². The molecule has 2 rings (SSSR count). The summed E-state index contributed by atoms with van der Waals surface area (Å²) < 4.78 is 11.1. The molecule has 1 amide bonds. The van der Waals surface area contributed by atoms with Gasteiger partial charge in [-0.15, -0.1) is 0 Å². The molecule has 0 bridgehead atoms. The van der Waals surface area contributed by atoms with Crippen molar-refractivity contribution in [2.24, 2.45) is 5.73 Å². The van der Waals surface area contributed by atoms with Gasteiger partial charge in [0.05, 0.1) is 13.2 Å². The minimum Gasteiger partial charge on any atom is -0.490 e. The molecule has 19 heavy (non-hydrogen) atoms. The van der Waals surface area contributed by atoms with Crippen molar-refractivity contribution in [3.05, 3.63) is 23.8 Å². The molecule has 104 valence electrons. The maximum absolute atomic E-state index is 11.9. The molecule has 5 heteroatoms. The molecule has 0 fully saturated rings. The summed E-state index contributed by atoms with van der Waals surface area (Å²) in [7, 11) is 0. The first-order chi connectivity index (χ1) is 9.16. The van der Waals surface area contributed by atoms with Gasteiger partial charge in [-0.05, 0) is 31.5 Å². The van der Waals surface area contributed by atoms with Crippen LogP contribution in [0.15, 0.2) is 18.2 Å². The number of carbonyl (C=O) groups is 1. The predicted molar refractivity (Wildman–Crippen MR) is 72.6 cm³/mol. The van der Waals surface area contributed by atoms with Crippen molar-refractivity contribution in [3.8, 4) is 11.5 Å². The van der Waals surface area contributed by atoms with E-state index < -0.39 is 0 Å². The van der Waals surface area contributed by atoms with Crippen LogP contribution in [0.4, 0.5) is 0 Å². The van der Waals surface area contributed by atoms with Crippen LogP contribution in [-0.4, -0.2) is 31.7 Å². The average molecular weight is 264 g/mol. The molecule has 1 aliphatic heterocycles. The predicted octanol–water partition coefficient (Wildman–Crippen LogP) is 1.31. The van der Waals surface area contributed by atoms with Gasteiger partial charge >= 0.3 is 0 Å². The fourth-order valence-electron chi connectivity index (χ4n) is 1.82. The molecule has 1 atom stereocenters. The Hall–Kier alpha value is -1.75. The van der Waals surface area contributed by atoms with E-state index in [4.69, 9.17) is 15.2 Å². The highest BCUT2D eigenvalue weighted by Gasteiger charge is 2.13. The Kier molecular flexibility index (Phi) is 4.63. The number of rotatable bonds is 4. The number of amides is 1. The molecule has 1 aromatic carbocycles. The summed E-state index contributed by atoms with van der Waals surface area (Å²) in [6.45, 7) is 3.75. The zero-order valence-corrected chi connectivity index (χ0v) is 11.1. The monoisotopic (exact) mass is 264 g/mol. The fraction of sp³-hybridized carbons (Fsp3) is 0.500. The van der Waals surface area contributed by atoms with Crippen LogP contribution in [0.3, 0.4) is 0 Å². The summed E-state index contributed by atoms with van der Waals surface area (Å²) in [4.78, 5) is 11.9. The van der Waals surface area contributed by atoms with Crippen molar-refractivity contribution in [3.63, 3.8) is 0 Å². The summed E-state index contributed by atoms with van der Waals surface area (Å²) >= 11 is 0. The standard InChI is InChI=1S/C14H20N2O3/c1-10(15)5-6-16-14(17)11-3-4-12-13(9-11)19-8-2-7-18-12/h3-4,9-10H,2,5-8,15H2,1H3,(H,16,17). The molecule has 0 saturated carbocycles. The number of hydrogen-bond donors (Lipinski definition) is 2. The van der Waals surface area contributed by atoms with Crippen LogP contribution in [0.2, 0.25) is 0 Å². The Labute approximate surface area is 113 Å². The molecule has 0 aliphatic carbocycles. The molecule has 3 N–H and O–H groups in total. The number of carbonyl (C=O) groups excluding carboxylic acids is 1. The van der Waals surface area contributed by atoms with Gasteiger partial charge in [-0.1, -0.05) is 0 Å². The van der Waals surface area contributed by atoms with E-state index in [1.54, 1.807) is 18.2 Å². The third-order valence-corrected chi connectivity index (χ3v) is 2.89. The van der Waals surface area contributed by atoms with Gasteiger partial charge < -0.3 is 20.5 Å². The van der Waals surface area contributed by atoms with Crippen LogP contribution in [-0.2, 0) is 0 Å². The van der Waals surface area contributed by atoms with E-state index in [2.05, 4.69) is 5.32 Å². The van der Waals surface area contributed by atoms with E-state index in [-0.39, 0.29) is 11.9 Å². The molecular formula is C14H20N2O3. The first kappa shape index (κ1) is 13.7. The third-order valence-electron chi connectivity index (χ3n) is 2.89. The van der Waals surface area contributed by atoms with Crippen molar-refractivity contribution in [2.75, 3.05) is 19.8 Å². The van der Waals surface area contributed by atoms with Crippen molar-refractivity contribution in [2.45, 2.75) is 25.8 Å². The van der Waals surface area contributed by atoms with E-state index in [1.165, 1.54) is 0 Å². The van der Waals surface area contributed by atoms with E-state index in [0.717, 1.165) is 12.8 Å². The van der Waals surface area contributed by atoms with E-state index >= 15 is 0 Å². The van der Waals surface area contributed by atoms with Crippen LogP contribution >= 0.6 is 0 Å². The van der Waals surface area contributed by atoms with Crippen LogP contribution in [0.25, 0.3) is 0 Å².